The van der Waals surface area contributed by atoms with Crippen LogP contribution in [0.25, 0.3) is 0 Å². The summed E-state index contributed by atoms with van der Waals surface area (Å²) >= 11 is 12.1. The minimum atomic E-state index is -1.74. The molecule has 300 valence electrons. The van der Waals surface area contributed by atoms with E-state index >= 15 is 0 Å². The highest BCUT2D eigenvalue weighted by Crippen LogP contribution is 2.36. The topological polar surface area (TPSA) is 99.5 Å². The average Bonchev–Trinajstić information content (AvgIpc) is 3.80. The molecular formula is C46H56Cl2N2O6. The fraction of sp³-hybridized carbons (Fsp3) is 0.391. The van der Waals surface area contributed by atoms with Gasteiger partial charge in [0.2, 0.25) is 0 Å². The van der Waals surface area contributed by atoms with Gasteiger partial charge in [0.15, 0.2) is 0 Å². The zero-order valence-corrected chi connectivity index (χ0v) is 34.0. The molecule has 2 aliphatic heterocycles. The first kappa shape index (κ1) is 38.8. The van der Waals surface area contributed by atoms with Gasteiger partial charge in [-0.05, 0) is 126 Å². The lowest BCUT2D eigenvalue weighted by atomic mass is 9.88. The van der Waals surface area contributed by atoms with Gasteiger partial charge in [-0.3, -0.25) is 0 Å². The Balaban J connectivity index is 0.000000224. The van der Waals surface area contributed by atoms with Gasteiger partial charge in [0.25, 0.3) is 0 Å². The van der Waals surface area contributed by atoms with Gasteiger partial charge in [0.05, 0.1) is 5.48 Å². The molecule has 0 bridgehead atoms. The number of carbonyl (C=O) groups is 2. The van der Waals surface area contributed by atoms with Crippen LogP contribution in [0.1, 0.15) is 80.1 Å². The maximum atomic E-state index is 9.55. The van der Waals surface area contributed by atoms with E-state index in [2.05, 4.69) is 23.9 Å². The number of likely N-dealkylation sites (tertiary alicyclic amines) is 2. The summed E-state index contributed by atoms with van der Waals surface area (Å²) in [6.45, 7) is 2.42. The molecule has 2 N–H and O–H groups in total. The van der Waals surface area contributed by atoms with Crippen molar-refractivity contribution in [2.75, 3.05) is 40.3 Å². The van der Waals surface area contributed by atoms with Gasteiger partial charge in [0, 0.05) is 47.4 Å². The number of halogens is 2. The smallest absolute Gasteiger partial charge is 0.328 e. The molecule has 0 aromatic heterocycles. The number of carboxylic acid groups (broad SMARTS) is 2. The Morgan fingerprint density at radius 1 is 0.643 bits per heavy atom. The summed E-state index contributed by atoms with van der Waals surface area (Å²) < 4.78 is 46.7. The molecular weight excluding hydrogens is 747 g/mol. The van der Waals surface area contributed by atoms with Gasteiger partial charge >= 0.3 is 11.9 Å². The first-order chi connectivity index (χ1) is 28.2. The number of ether oxygens (including phenoxy) is 2. The van der Waals surface area contributed by atoms with Gasteiger partial charge in [-0.25, -0.2) is 9.59 Å². The molecule has 2 aliphatic rings. The maximum Gasteiger partial charge on any atom is 0.328 e. The lowest BCUT2D eigenvalue weighted by molar-refractivity contribution is -0.134. The molecule has 8 nitrogen and oxygen atoms in total. The van der Waals surface area contributed by atoms with Crippen molar-refractivity contribution in [3.8, 4) is 0 Å². The first-order valence-electron chi connectivity index (χ1n) is 20.8. The fourth-order valence-corrected chi connectivity index (χ4v) is 7.05. The Hall–Kier alpha value is -4.02. The van der Waals surface area contributed by atoms with E-state index in [1.54, 1.807) is 0 Å². The normalized spacial score (nSPS) is 20.8. The molecule has 2 heterocycles. The van der Waals surface area contributed by atoms with Crippen molar-refractivity contribution in [3.05, 3.63) is 154 Å². The van der Waals surface area contributed by atoms with Gasteiger partial charge in [-0.15, -0.1) is 0 Å². The van der Waals surface area contributed by atoms with Crippen molar-refractivity contribution in [2.45, 2.75) is 75.7 Å². The molecule has 2 saturated heterocycles. The second-order valence-electron chi connectivity index (χ2n) is 14.3. The molecule has 0 aliphatic carbocycles. The highest BCUT2D eigenvalue weighted by Gasteiger charge is 2.32. The number of rotatable bonds is 14. The van der Waals surface area contributed by atoms with Crippen LogP contribution in [0.5, 0.6) is 0 Å². The largest absolute Gasteiger partial charge is 0.478 e. The molecule has 4 aromatic rings. The van der Waals surface area contributed by atoms with Crippen molar-refractivity contribution in [3.63, 3.8) is 0 Å². The highest BCUT2D eigenvalue weighted by molar-refractivity contribution is 6.30. The summed E-state index contributed by atoms with van der Waals surface area (Å²) in [5, 5.41) is 16.9. The van der Waals surface area contributed by atoms with Crippen LogP contribution in [-0.4, -0.2) is 84.3 Å². The van der Waals surface area contributed by atoms with Crippen LogP contribution in [0.15, 0.2) is 121 Å². The van der Waals surface area contributed by atoms with E-state index in [-0.39, 0.29) is 12.1 Å². The molecule has 0 saturated carbocycles. The Morgan fingerprint density at radius 2 is 0.964 bits per heavy atom. The molecule has 56 heavy (non-hydrogen) atoms. The number of aliphatic carboxylic acids is 2. The number of benzene rings is 4. The van der Waals surface area contributed by atoms with Crippen LogP contribution in [-0.2, 0) is 30.3 Å². The van der Waals surface area contributed by atoms with E-state index in [1.165, 1.54) is 0 Å². The van der Waals surface area contributed by atoms with Crippen LogP contribution >= 0.6 is 23.2 Å². The summed E-state index contributed by atoms with van der Waals surface area (Å²) in [5.41, 5.74) is 1.82. The predicted octanol–water partition coefficient (Wildman–Crippen LogP) is 9.92. The average molecular weight is 808 g/mol. The Morgan fingerprint density at radius 3 is 1.25 bits per heavy atom. The van der Waals surface area contributed by atoms with E-state index < -0.39 is 36.3 Å². The summed E-state index contributed by atoms with van der Waals surface area (Å²) in [5.74, 6) is -2.51. The number of nitrogens with zero attached hydrogens (tertiary/aromatic N) is 2. The predicted molar refractivity (Wildman–Crippen MR) is 226 cm³/mol. The third-order valence-electron chi connectivity index (χ3n) is 10.3. The van der Waals surface area contributed by atoms with Crippen molar-refractivity contribution in [1.82, 2.24) is 9.80 Å². The van der Waals surface area contributed by atoms with Crippen molar-refractivity contribution in [2.24, 2.45) is 0 Å². The Labute approximate surface area is 348 Å². The molecule has 0 radical (unpaired) electrons. The van der Waals surface area contributed by atoms with Crippen molar-refractivity contribution in [1.29, 1.82) is 0 Å². The zero-order chi connectivity index (χ0) is 44.1. The minimum absolute atomic E-state index is 0.218. The second kappa shape index (κ2) is 22.1. The van der Waals surface area contributed by atoms with E-state index in [0.717, 1.165) is 61.0 Å². The highest BCUT2D eigenvalue weighted by atomic mass is 35.5. The molecule has 4 atom stereocenters. The number of hydrogen-bond donors (Lipinski definition) is 2. The lowest BCUT2D eigenvalue weighted by Gasteiger charge is -2.32. The number of carboxylic acids is 2. The Kier molecular flexibility index (Phi) is 15.3. The van der Waals surface area contributed by atoms with Crippen LogP contribution in [0.2, 0.25) is 10.0 Å². The van der Waals surface area contributed by atoms with Gasteiger partial charge < -0.3 is 29.5 Å². The molecule has 10 heteroatoms. The standard InChI is InChI=1S/2C21H26ClNO.C4H4O4/c2*1-21(17-7-4-3-5-8-17,18-10-12-19(22)13-11-18)24-16-14-20-9-6-15-23(20)2;5-3(6)1-2-4(7)8/h2*3-5,7-8,10-13,20H,6,9,14-16H2,1-2H3;1-2H,(H,5,6)(H,7,8)/b;;2-1+/t2*20-,21-;/m11./s1/i2*16D2;. The minimum Gasteiger partial charge on any atom is -0.478 e. The fourth-order valence-electron chi connectivity index (χ4n) is 6.80. The molecule has 2 fully saturated rings. The monoisotopic (exact) mass is 806 g/mol. The zero-order valence-electron chi connectivity index (χ0n) is 36.5. The van der Waals surface area contributed by atoms with Gasteiger partial charge in [0.1, 0.15) is 11.2 Å². The maximum absolute atomic E-state index is 9.55. The third-order valence-corrected chi connectivity index (χ3v) is 10.8. The lowest BCUT2D eigenvalue weighted by Crippen LogP contribution is -2.31. The van der Waals surface area contributed by atoms with Crippen LogP contribution in [0.3, 0.4) is 0 Å². The second-order valence-corrected chi connectivity index (χ2v) is 15.1. The SMILES string of the molecule is O=C(O)/C=C/C(=O)O.[2H]C([2H])(C[C@H]1CCCN1C)O[C@](C)(c1ccccc1)c1ccc(Cl)cc1.[2H]C([2H])(C[C@H]1CCCN1C)O[C@](C)(c1ccccc1)c1ccc(Cl)cc1. The summed E-state index contributed by atoms with van der Waals surface area (Å²) in [6, 6.07) is 35.0. The van der Waals surface area contributed by atoms with E-state index in [4.69, 9.17) is 48.4 Å². The first-order valence-corrected chi connectivity index (χ1v) is 19.6. The molecule has 0 amide bonds. The quantitative estimate of drug-likeness (QED) is 0.122. The van der Waals surface area contributed by atoms with E-state index in [0.29, 0.717) is 35.0 Å². The Bertz CT molecular complexity index is 1850. The third kappa shape index (κ3) is 13.3. The molecule has 0 unspecified atom stereocenters. The summed E-state index contributed by atoms with van der Waals surface area (Å²) in [7, 11) is 4.12. The van der Waals surface area contributed by atoms with Crippen molar-refractivity contribution < 1.29 is 34.8 Å². The molecule has 4 aromatic carbocycles. The molecule has 0 spiro atoms. The number of hydrogen-bond acceptors (Lipinski definition) is 6. The van der Waals surface area contributed by atoms with Gasteiger partial charge in [-0.1, -0.05) is 108 Å². The van der Waals surface area contributed by atoms with Gasteiger partial charge in [-0.2, -0.15) is 0 Å². The van der Waals surface area contributed by atoms with E-state index in [1.807, 2.05) is 123 Å². The van der Waals surface area contributed by atoms with Crippen LogP contribution < -0.4 is 0 Å². The van der Waals surface area contributed by atoms with E-state index in [9.17, 15) is 9.59 Å². The summed E-state index contributed by atoms with van der Waals surface area (Å²) in [6.07, 6.45) is 6.10. The van der Waals surface area contributed by atoms with Crippen LogP contribution in [0.4, 0.5) is 0 Å². The molecule has 6 rings (SSSR count). The van der Waals surface area contributed by atoms with Crippen LogP contribution in [0, 0.1) is 0 Å². The van der Waals surface area contributed by atoms with Crippen molar-refractivity contribution >= 4 is 35.1 Å². The summed E-state index contributed by atoms with van der Waals surface area (Å²) in [4.78, 5) is 23.6.